The Kier molecular flexibility index (Phi) is 6.01. The van der Waals surface area contributed by atoms with Gasteiger partial charge in [0.25, 0.3) is 15.9 Å². The maximum Gasteiger partial charge on any atom is 0.341 e. The average molecular weight is 382 g/mol. The van der Waals surface area contributed by atoms with Gasteiger partial charge in [-0.25, -0.2) is 17.9 Å². The summed E-state index contributed by atoms with van der Waals surface area (Å²) in [5.41, 5.74) is 0.794. The van der Waals surface area contributed by atoms with Gasteiger partial charge in [0.2, 0.25) is 5.09 Å². The fourth-order valence-electron chi connectivity index (χ4n) is 2.08. The molecule has 2 aromatic rings. The largest absolute Gasteiger partial charge is 0.482 e. The normalized spacial score (nSPS) is 11.2. The van der Waals surface area contributed by atoms with Crippen molar-refractivity contribution in [3.05, 3.63) is 47.2 Å². The number of aliphatic carboxylic acids is 1. The van der Waals surface area contributed by atoms with Gasteiger partial charge in [0.05, 0.1) is 5.56 Å². The van der Waals surface area contributed by atoms with Crippen LogP contribution in [-0.2, 0) is 21.4 Å². The standard InChI is InChI=1S/C16H18N2O7S/c1-10-13(7-15(25-10)26(22,23)17-2)16(21)18-8-11-4-3-5-12(6-11)24-9-14(19)20/h3-7,17H,8-9H2,1-2H3,(H,18,21)(H,19,20). The molecule has 0 saturated heterocycles. The number of ether oxygens (including phenoxy) is 1. The lowest BCUT2D eigenvalue weighted by molar-refractivity contribution is -0.139. The van der Waals surface area contributed by atoms with Crippen LogP contribution in [0.15, 0.2) is 39.8 Å². The summed E-state index contributed by atoms with van der Waals surface area (Å²) in [5.74, 6) is -1.05. The summed E-state index contributed by atoms with van der Waals surface area (Å²) in [6.07, 6.45) is 0. The molecule has 0 aliphatic carbocycles. The first-order chi connectivity index (χ1) is 12.2. The molecule has 0 aliphatic rings. The number of carbonyl (C=O) groups is 2. The summed E-state index contributed by atoms with van der Waals surface area (Å²) < 4.78 is 35.8. The molecule has 140 valence electrons. The van der Waals surface area contributed by atoms with E-state index in [1.54, 1.807) is 24.3 Å². The van der Waals surface area contributed by atoms with Crippen LogP contribution < -0.4 is 14.8 Å². The zero-order valence-electron chi connectivity index (χ0n) is 14.1. The van der Waals surface area contributed by atoms with Crippen LogP contribution in [-0.4, -0.2) is 39.1 Å². The summed E-state index contributed by atoms with van der Waals surface area (Å²) in [6.45, 7) is 1.17. The molecule has 1 heterocycles. The lowest BCUT2D eigenvalue weighted by atomic mass is 10.2. The summed E-state index contributed by atoms with van der Waals surface area (Å²) >= 11 is 0. The summed E-state index contributed by atoms with van der Waals surface area (Å²) in [7, 11) is -2.54. The summed E-state index contributed by atoms with van der Waals surface area (Å²) in [5, 5.41) is 10.9. The minimum absolute atomic E-state index is 0.108. The number of nitrogens with one attached hydrogen (secondary N) is 2. The third-order valence-corrected chi connectivity index (χ3v) is 4.66. The number of sulfonamides is 1. The lowest BCUT2D eigenvalue weighted by Gasteiger charge is -2.07. The van der Waals surface area contributed by atoms with E-state index in [0.29, 0.717) is 11.3 Å². The Balaban J connectivity index is 2.05. The molecule has 9 nitrogen and oxygen atoms in total. The molecular weight excluding hydrogens is 364 g/mol. The van der Waals surface area contributed by atoms with Crippen molar-refractivity contribution in [1.29, 1.82) is 0 Å². The van der Waals surface area contributed by atoms with Crippen molar-refractivity contribution >= 4 is 21.9 Å². The molecule has 26 heavy (non-hydrogen) atoms. The van der Waals surface area contributed by atoms with Crippen LogP contribution in [0.25, 0.3) is 0 Å². The minimum atomic E-state index is -3.78. The SMILES string of the molecule is CNS(=O)(=O)c1cc(C(=O)NCc2cccc(OCC(=O)O)c2)c(C)o1. The molecule has 0 unspecified atom stereocenters. The molecule has 0 fully saturated rings. The van der Waals surface area contributed by atoms with Gasteiger partial charge in [-0.2, -0.15) is 0 Å². The molecule has 0 aliphatic heterocycles. The fraction of sp³-hybridized carbons (Fsp3) is 0.250. The number of carboxylic acid groups (broad SMARTS) is 1. The van der Waals surface area contributed by atoms with Crippen molar-refractivity contribution in [3.63, 3.8) is 0 Å². The smallest absolute Gasteiger partial charge is 0.341 e. The zero-order chi connectivity index (χ0) is 19.3. The van der Waals surface area contributed by atoms with Crippen molar-refractivity contribution in [3.8, 4) is 5.75 Å². The average Bonchev–Trinajstić information content (AvgIpc) is 3.01. The third-order valence-electron chi connectivity index (χ3n) is 3.39. The molecule has 0 saturated carbocycles. The number of aryl methyl sites for hydroxylation is 1. The highest BCUT2D eigenvalue weighted by atomic mass is 32.2. The number of furan rings is 1. The highest BCUT2D eigenvalue weighted by molar-refractivity contribution is 7.89. The van der Waals surface area contributed by atoms with E-state index in [-0.39, 0.29) is 23.0 Å². The fourth-order valence-corrected chi connectivity index (χ4v) is 2.79. The first kappa shape index (κ1) is 19.5. The van der Waals surface area contributed by atoms with Gasteiger partial charge < -0.3 is 19.6 Å². The van der Waals surface area contributed by atoms with Crippen LogP contribution in [0.3, 0.4) is 0 Å². The lowest BCUT2D eigenvalue weighted by Crippen LogP contribution is -2.23. The predicted molar refractivity (Wildman–Crippen MR) is 90.4 cm³/mol. The molecule has 0 atom stereocenters. The number of benzene rings is 1. The van der Waals surface area contributed by atoms with Crippen molar-refractivity contribution in [2.45, 2.75) is 18.6 Å². The molecule has 0 bridgehead atoms. The number of rotatable bonds is 8. The van der Waals surface area contributed by atoms with Crippen molar-refractivity contribution < 1.29 is 32.3 Å². The second-order valence-corrected chi connectivity index (χ2v) is 7.07. The Bertz CT molecular complexity index is 918. The summed E-state index contributed by atoms with van der Waals surface area (Å²) in [4.78, 5) is 22.8. The number of hydrogen-bond acceptors (Lipinski definition) is 6. The van der Waals surface area contributed by atoms with E-state index < -0.39 is 28.5 Å². The second kappa shape index (κ2) is 8.02. The van der Waals surface area contributed by atoms with Crippen molar-refractivity contribution in [1.82, 2.24) is 10.0 Å². The molecular formula is C16H18N2O7S. The van der Waals surface area contributed by atoms with Crippen LogP contribution >= 0.6 is 0 Å². The third kappa shape index (κ3) is 4.83. The van der Waals surface area contributed by atoms with E-state index in [4.69, 9.17) is 14.3 Å². The number of carboxylic acids is 1. The van der Waals surface area contributed by atoms with Gasteiger partial charge in [-0.05, 0) is 31.7 Å². The van der Waals surface area contributed by atoms with E-state index in [0.717, 1.165) is 6.07 Å². The molecule has 0 radical (unpaired) electrons. The maximum atomic E-state index is 12.3. The van der Waals surface area contributed by atoms with Crippen LogP contribution in [0.5, 0.6) is 5.75 Å². The van der Waals surface area contributed by atoms with E-state index >= 15 is 0 Å². The van der Waals surface area contributed by atoms with Crippen LogP contribution in [0.2, 0.25) is 0 Å². The highest BCUT2D eigenvalue weighted by Gasteiger charge is 2.22. The summed E-state index contributed by atoms with van der Waals surface area (Å²) in [6, 6.07) is 7.75. The van der Waals surface area contributed by atoms with E-state index in [9.17, 15) is 18.0 Å². The Morgan fingerprint density at radius 3 is 2.65 bits per heavy atom. The maximum absolute atomic E-state index is 12.3. The van der Waals surface area contributed by atoms with Crippen molar-refractivity contribution in [2.24, 2.45) is 0 Å². The topological polar surface area (TPSA) is 135 Å². The van der Waals surface area contributed by atoms with Gasteiger partial charge in [0.15, 0.2) is 6.61 Å². The van der Waals surface area contributed by atoms with E-state index in [1.807, 2.05) is 0 Å². The number of amides is 1. The van der Waals surface area contributed by atoms with Gasteiger partial charge in [0, 0.05) is 12.6 Å². The van der Waals surface area contributed by atoms with E-state index in [2.05, 4.69) is 10.0 Å². The molecule has 2 rings (SSSR count). The predicted octanol–water partition coefficient (Wildman–Crippen LogP) is 0.890. The number of hydrogen-bond donors (Lipinski definition) is 3. The van der Waals surface area contributed by atoms with E-state index in [1.165, 1.54) is 14.0 Å². The zero-order valence-corrected chi connectivity index (χ0v) is 14.9. The molecule has 10 heteroatoms. The molecule has 1 aromatic heterocycles. The monoisotopic (exact) mass is 382 g/mol. The first-order valence-corrected chi connectivity index (χ1v) is 8.97. The first-order valence-electron chi connectivity index (χ1n) is 7.48. The minimum Gasteiger partial charge on any atom is -0.482 e. The van der Waals surface area contributed by atoms with Gasteiger partial charge >= 0.3 is 5.97 Å². The van der Waals surface area contributed by atoms with Gasteiger partial charge in [-0.1, -0.05) is 12.1 Å². The Labute approximate surface area is 150 Å². The van der Waals surface area contributed by atoms with Crippen LogP contribution in [0.4, 0.5) is 0 Å². The van der Waals surface area contributed by atoms with Crippen LogP contribution in [0.1, 0.15) is 21.7 Å². The Morgan fingerprint density at radius 2 is 2.00 bits per heavy atom. The molecule has 0 spiro atoms. The second-order valence-electron chi connectivity index (χ2n) is 5.26. The molecule has 1 aromatic carbocycles. The number of carbonyl (C=O) groups excluding carboxylic acids is 1. The Hall–Kier alpha value is -2.85. The quantitative estimate of drug-likeness (QED) is 0.617. The molecule has 3 N–H and O–H groups in total. The van der Waals surface area contributed by atoms with Gasteiger partial charge in [-0.15, -0.1) is 0 Å². The molecule has 1 amide bonds. The van der Waals surface area contributed by atoms with Crippen LogP contribution in [0, 0.1) is 6.92 Å². The van der Waals surface area contributed by atoms with Gasteiger partial charge in [0.1, 0.15) is 11.5 Å². The van der Waals surface area contributed by atoms with Crippen molar-refractivity contribution in [2.75, 3.05) is 13.7 Å². The highest BCUT2D eigenvalue weighted by Crippen LogP contribution is 2.19. The van der Waals surface area contributed by atoms with Gasteiger partial charge in [-0.3, -0.25) is 4.79 Å². The Morgan fingerprint density at radius 1 is 1.27 bits per heavy atom.